The number of halogens is 3. The highest BCUT2D eigenvalue weighted by atomic mass is 35.5. The van der Waals surface area contributed by atoms with E-state index in [-0.39, 0.29) is 29.4 Å². The largest absolute Gasteiger partial charge is 0.489 e. The molecule has 1 aliphatic carbocycles. The molecule has 2 atom stereocenters. The zero-order chi connectivity index (χ0) is 32.7. The summed E-state index contributed by atoms with van der Waals surface area (Å²) >= 11 is 5.68. The third-order valence-corrected chi connectivity index (χ3v) is 8.12. The Hall–Kier alpha value is -4.07. The highest BCUT2D eigenvalue weighted by molar-refractivity contribution is 6.31. The molecule has 3 aromatic rings. The van der Waals surface area contributed by atoms with Gasteiger partial charge in [-0.1, -0.05) is 17.7 Å². The standard InChI is InChI=1S/C23H21ClF2N4O4.C8H16N2O/c1-11-6-17-18(7-12(11)9-31)30-22(29-17)19-16(4-5-27-23(19)33)28-8-13(32)10-34-21-15(25)3-2-14(24)20(21)26;1-9-5-3-8(4-6-9)10(2)7-11/h2,4-7,9,13,15,32H,3,8,10H2,1H3,(H,29,30)(H2,27,28,33);7-8H,3-6H2,1-2H3. The van der Waals surface area contributed by atoms with E-state index >= 15 is 0 Å². The van der Waals surface area contributed by atoms with Crippen LogP contribution < -0.4 is 10.9 Å². The van der Waals surface area contributed by atoms with Crippen LogP contribution in [0.4, 0.5) is 14.5 Å². The molecule has 1 saturated heterocycles. The number of carbonyl (C=O) groups is 2. The number of nitrogens with zero attached hydrogens (tertiary/aromatic N) is 3. The van der Waals surface area contributed by atoms with E-state index in [1.807, 2.05) is 7.05 Å². The van der Waals surface area contributed by atoms with Gasteiger partial charge >= 0.3 is 0 Å². The van der Waals surface area contributed by atoms with Crippen LogP contribution in [-0.2, 0) is 9.53 Å². The van der Waals surface area contributed by atoms with Crippen molar-refractivity contribution in [2.24, 2.45) is 0 Å². The second kappa shape index (κ2) is 15.3. The number of nitrogens with one attached hydrogen (secondary N) is 3. The second-order valence-corrected chi connectivity index (χ2v) is 11.5. The lowest BCUT2D eigenvalue weighted by atomic mass is 10.1. The Kier molecular flexibility index (Phi) is 11.5. The molecule has 0 radical (unpaired) electrons. The number of aliphatic hydroxyl groups is 1. The fraction of sp³-hybridized carbons (Fsp3) is 0.419. The van der Waals surface area contributed by atoms with E-state index in [1.165, 1.54) is 12.3 Å². The minimum Gasteiger partial charge on any atom is -0.489 e. The highest BCUT2D eigenvalue weighted by Crippen LogP contribution is 2.32. The van der Waals surface area contributed by atoms with Crippen LogP contribution in [0.15, 0.2) is 51.9 Å². The van der Waals surface area contributed by atoms with Gasteiger partial charge in [0.05, 0.1) is 21.8 Å². The minimum absolute atomic E-state index is 0.0828. The lowest BCUT2D eigenvalue weighted by Crippen LogP contribution is -2.41. The number of rotatable bonds is 10. The second-order valence-electron chi connectivity index (χ2n) is 11.1. The van der Waals surface area contributed by atoms with E-state index in [2.05, 4.69) is 32.2 Å². The zero-order valence-corrected chi connectivity index (χ0v) is 26.0. The number of fused-ring (bicyclic) bond motifs is 1. The Morgan fingerprint density at radius 3 is 2.73 bits per heavy atom. The first-order valence-electron chi connectivity index (χ1n) is 14.5. The number of aldehydes is 1. The molecule has 4 N–H and O–H groups in total. The maximum absolute atomic E-state index is 14.0. The average Bonchev–Trinajstić information content (AvgIpc) is 3.43. The van der Waals surface area contributed by atoms with Crippen LogP contribution in [-0.4, -0.2) is 101 Å². The number of imidazole rings is 1. The van der Waals surface area contributed by atoms with E-state index in [1.54, 1.807) is 30.0 Å². The van der Waals surface area contributed by atoms with Gasteiger partial charge in [-0.15, -0.1) is 0 Å². The predicted octanol–water partition coefficient (Wildman–Crippen LogP) is 4.04. The van der Waals surface area contributed by atoms with Crippen molar-refractivity contribution in [3.05, 3.63) is 68.6 Å². The summed E-state index contributed by atoms with van der Waals surface area (Å²) in [5, 5.41) is 13.0. The molecule has 2 unspecified atom stereocenters. The van der Waals surface area contributed by atoms with Crippen LogP contribution in [0.25, 0.3) is 22.4 Å². The number of piperidine rings is 1. The number of alkyl halides is 1. The summed E-state index contributed by atoms with van der Waals surface area (Å²) in [6.07, 6.45) is 3.60. The number of hydrogen-bond donors (Lipinski definition) is 4. The van der Waals surface area contributed by atoms with E-state index in [9.17, 15) is 28.3 Å². The van der Waals surface area contributed by atoms with Gasteiger partial charge in [-0.3, -0.25) is 14.4 Å². The van der Waals surface area contributed by atoms with E-state index in [0.29, 0.717) is 28.3 Å². The van der Waals surface area contributed by atoms with Gasteiger partial charge in [0.2, 0.25) is 6.41 Å². The van der Waals surface area contributed by atoms with E-state index in [0.717, 1.165) is 44.2 Å². The number of aromatic amines is 2. The van der Waals surface area contributed by atoms with Crippen molar-refractivity contribution in [2.75, 3.05) is 45.7 Å². The number of ether oxygens (including phenoxy) is 1. The average molecular weight is 647 g/mol. The maximum atomic E-state index is 14.0. The van der Waals surface area contributed by atoms with Gasteiger partial charge in [0.15, 0.2) is 17.8 Å². The molecule has 0 spiro atoms. The van der Waals surface area contributed by atoms with Crippen molar-refractivity contribution in [2.45, 2.75) is 44.5 Å². The van der Waals surface area contributed by atoms with Crippen LogP contribution in [0.3, 0.4) is 0 Å². The first-order valence-corrected chi connectivity index (χ1v) is 14.9. The number of likely N-dealkylation sites (tertiary alicyclic amines) is 1. The molecule has 0 saturated carbocycles. The number of aliphatic hydroxyl groups excluding tert-OH is 1. The Morgan fingerprint density at radius 2 is 2.04 bits per heavy atom. The molecule has 3 heterocycles. The number of hydrogen-bond acceptors (Lipinski definition) is 8. The lowest BCUT2D eigenvalue weighted by molar-refractivity contribution is -0.119. The lowest BCUT2D eigenvalue weighted by Gasteiger charge is -2.32. The summed E-state index contributed by atoms with van der Waals surface area (Å²) in [4.78, 5) is 48.4. The number of amides is 1. The SMILES string of the molecule is CN1CCC(N(C)C=O)CC1.Cc1cc2[nH]c(-c3c(NCC(O)COC4=C(F)C(Cl)=CCC4F)cc[nH]c3=O)nc2cc1C=O. The molecule has 1 aliphatic heterocycles. The Labute approximate surface area is 263 Å². The number of aromatic nitrogens is 3. The molecule has 5 rings (SSSR count). The van der Waals surface area contributed by atoms with E-state index in [4.69, 9.17) is 16.3 Å². The molecule has 45 heavy (non-hydrogen) atoms. The van der Waals surface area contributed by atoms with Gasteiger partial charge in [-0.2, -0.15) is 0 Å². The molecule has 11 nitrogen and oxygen atoms in total. The van der Waals surface area contributed by atoms with Gasteiger partial charge < -0.3 is 34.9 Å². The van der Waals surface area contributed by atoms with Crippen molar-refractivity contribution < 1.29 is 28.2 Å². The summed E-state index contributed by atoms with van der Waals surface area (Å²) < 4.78 is 33.1. The monoisotopic (exact) mass is 646 g/mol. The number of aryl methyl sites for hydroxylation is 1. The molecule has 1 amide bonds. The van der Waals surface area contributed by atoms with Crippen molar-refractivity contribution in [1.29, 1.82) is 0 Å². The molecular weight excluding hydrogens is 610 g/mol. The van der Waals surface area contributed by atoms with Crippen LogP contribution >= 0.6 is 11.6 Å². The first-order chi connectivity index (χ1) is 21.5. The van der Waals surface area contributed by atoms with Crippen molar-refractivity contribution >= 4 is 41.0 Å². The quantitative estimate of drug-likeness (QED) is 0.242. The van der Waals surface area contributed by atoms with Crippen molar-refractivity contribution in [3.8, 4) is 11.4 Å². The number of anilines is 1. The fourth-order valence-corrected chi connectivity index (χ4v) is 5.24. The Balaban J connectivity index is 0.000000354. The van der Waals surface area contributed by atoms with E-state index < -0.39 is 36.0 Å². The molecule has 1 fully saturated rings. The van der Waals surface area contributed by atoms with Gasteiger partial charge in [-0.05, 0) is 63.7 Å². The first kappa shape index (κ1) is 33.8. The summed E-state index contributed by atoms with van der Waals surface area (Å²) in [6.45, 7) is 3.55. The Bertz CT molecular complexity index is 1630. The number of benzene rings is 1. The number of pyridine rings is 1. The number of allylic oxidation sites excluding steroid dienone is 4. The third-order valence-electron chi connectivity index (χ3n) is 7.80. The molecule has 242 valence electrons. The summed E-state index contributed by atoms with van der Waals surface area (Å²) in [6, 6.07) is 5.45. The van der Waals surface area contributed by atoms with Gasteiger partial charge in [0.1, 0.15) is 30.4 Å². The summed E-state index contributed by atoms with van der Waals surface area (Å²) in [7, 11) is 3.99. The van der Waals surface area contributed by atoms with Crippen molar-refractivity contribution in [3.63, 3.8) is 0 Å². The van der Waals surface area contributed by atoms with Crippen molar-refractivity contribution in [1.82, 2.24) is 24.8 Å². The smallest absolute Gasteiger partial charge is 0.261 e. The highest BCUT2D eigenvalue weighted by Gasteiger charge is 2.26. The topological polar surface area (TPSA) is 144 Å². The fourth-order valence-electron chi connectivity index (χ4n) is 5.06. The predicted molar refractivity (Wildman–Crippen MR) is 169 cm³/mol. The molecule has 0 bridgehead atoms. The third kappa shape index (κ3) is 8.35. The van der Waals surface area contributed by atoms with Crippen LogP contribution in [0, 0.1) is 6.92 Å². The summed E-state index contributed by atoms with van der Waals surface area (Å²) in [5.74, 6) is -1.27. The molecule has 1 aromatic carbocycles. The zero-order valence-electron chi connectivity index (χ0n) is 25.3. The summed E-state index contributed by atoms with van der Waals surface area (Å²) in [5.41, 5.74) is 2.55. The maximum Gasteiger partial charge on any atom is 0.261 e. The normalized spacial score (nSPS) is 18.1. The minimum atomic E-state index is -1.68. The van der Waals surface area contributed by atoms with Gasteiger partial charge in [0, 0.05) is 37.8 Å². The number of carbonyl (C=O) groups excluding carboxylic acids is 2. The Morgan fingerprint density at radius 1 is 1.31 bits per heavy atom. The van der Waals surface area contributed by atoms with Crippen LogP contribution in [0.5, 0.6) is 0 Å². The molecule has 2 aliphatic rings. The van der Waals surface area contributed by atoms with Gasteiger partial charge in [0.25, 0.3) is 5.56 Å². The van der Waals surface area contributed by atoms with Crippen LogP contribution in [0.1, 0.15) is 35.2 Å². The number of H-pyrrole nitrogens is 2. The van der Waals surface area contributed by atoms with Crippen LogP contribution in [0.2, 0.25) is 0 Å². The molecular formula is C31H37ClF2N6O5. The van der Waals surface area contributed by atoms with Gasteiger partial charge in [-0.25, -0.2) is 13.8 Å². The molecule has 2 aromatic heterocycles. The molecule has 14 heteroatoms.